The lowest BCUT2D eigenvalue weighted by Gasteiger charge is -2.34. The number of aliphatic hydroxyl groups excluding tert-OH is 1. The minimum atomic E-state index is -0.639. The molecular weight excluding hydrogens is 418 g/mol. The van der Waals surface area contributed by atoms with Crippen LogP contribution in [0.25, 0.3) is 0 Å². The number of benzene rings is 2. The van der Waals surface area contributed by atoms with Gasteiger partial charge in [0, 0.05) is 43.5 Å². The lowest BCUT2D eigenvalue weighted by molar-refractivity contribution is 0.0953. The fraction of sp³-hybridized carbons (Fsp3) is 0.480. The highest BCUT2D eigenvalue weighted by Crippen LogP contribution is 2.27. The van der Waals surface area contributed by atoms with Crippen LogP contribution < -0.4 is 31.7 Å². The first-order chi connectivity index (χ1) is 16.0. The van der Waals surface area contributed by atoms with Crippen molar-refractivity contribution in [1.82, 2.24) is 10.6 Å². The summed E-state index contributed by atoms with van der Waals surface area (Å²) in [6.07, 6.45) is 3.38. The van der Waals surface area contributed by atoms with Gasteiger partial charge < -0.3 is 36.8 Å². The largest absolute Gasteiger partial charge is 0.489 e. The third-order valence-corrected chi connectivity index (χ3v) is 5.98. The number of aliphatic hydroxyl groups is 1. The molecule has 7 N–H and O–H groups in total. The molecule has 180 valence electrons. The van der Waals surface area contributed by atoms with Crippen molar-refractivity contribution in [3.63, 3.8) is 0 Å². The molecule has 0 unspecified atom stereocenters. The predicted molar refractivity (Wildman–Crippen MR) is 134 cm³/mol. The van der Waals surface area contributed by atoms with Crippen LogP contribution >= 0.6 is 0 Å². The molecule has 2 aromatic carbocycles. The number of nitrogens with two attached hydrogens (primary N) is 2. The fourth-order valence-corrected chi connectivity index (χ4v) is 3.88. The molecule has 1 aliphatic rings. The van der Waals surface area contributed by atoms with Gasteiger partial charge in [-0.25, -0.2) is 0 Å². The van der Waals surface area contributed by atoms with Crippen LogP contribution in [0.2, 0.25) is 0 Å². The van der Waals surface area contributed by atoms with E-state index >= 15 is 0 Å². The second-order valence-electron chi connectivity index (χ2n) is 8.55. The average Bonchev–Trinajstić information content (AvgIpc) is 2.84. The number of anilines is 3. The topological polar surface area (TPSA) is 126 Å². The number of carbonyl (C=O) groups is 1. The quantitative estimate of drug-likeness (QED) is 0.260. The van der Waals surface area contributed by atoms with Gasteiger partial charge in [-0.2, -0.15) is 0 Å². The maximum Gasteiger partial charge on any atom is 0.251 e. The Morgan fingerprint density at radius 1 is 1.18 bits per heavy atom. The number of rotatable bonds is 11. The zero-order chi connectivity index (χ0) is 23.6. The molecule has 1 saturated heterocycles. The van der Waals surface area contributed by atoms with Crippen LogP contribution in [0.1, 0.15) is 43.0 Å². The second-order valence-corrected chi connectivity index (χ2v) is 8.55. The lowest BCUT2D eigenvalue weighted by atomic mass is 10.0. The van der Waals surface area contributed by atoms with Crippen LogP contribution in [0.5, 0.6) is 5.75 Å². The van der Waals surface area contributed by atoms with E-state index in [2.05, 4.69) is 22.5 Å². The van der Waals surface area contributed by atoms with Crippen molar-refractivity contribution in [3.05, 3.63) is 48.0 Å². The summed E-state index contributed by atoms with van der Waals surface area (Å²) in [4.78, 5) is 14.5. The molecular formula is C25H37N5O3. The molecule has 33 heavy (non-hydrogen) atoms. The van der Waals surface area contributed by atoms with Gasteiger partial charge in [-0.3, -0.25) is 4.79 Å². The summed E-state index contributed by atoms with van der Waals surface area (Å²) in [5, 5.41) is 16.7. The van der Waals surface area contributed by atoms with E-state index in [0.29, 0.717) is 41.8 Å². The zero-order valence-electron chi connectivity index (χ0n) is 19.4. The first-order valence-corrected chi connectivity index (χ1v) is 11.8. The fourth-order valence-electron chi connectivity index (χ4n) is 3.88. The summed E-state index contributed by atoms with van der Waals surface area (Å²) in [7, 11) is 0. The van der Waals surface area contributed by atoms with Crippen molar-refractivity contribution in [2.24, 2.45) is 0 Å². The molecule has 1 atom stereocenters. The van der Waals surface area contributed by atoms with E-state index in [0.717, 1.165) is 44.5 Å². The highest BCUT2D eigenvalue weighted by molar-refractivity contribution is 5.94. The molecule has 1 fully saturated rings. The molecule has 0 aliphatic carbocycles. The number of nitrogens with one attached hydrogen (secondary N) is 2. The van der Waals surface area contributed by atoms with Crippen molar-refractivity contribution in [3.8, 4) is 5.75 Å². The summed E-state index contributed by atoms with van der Waals surface area (Å²) in [6, 6.07) is 13.4. The third kappa shape index (κ3) is 7.27. The van der Waals surface area contributed by atoms with E-state index in [1.807, 2.05) is 24.3 Å². The highest BCUT2D eigenvalue weighted by atomic mass is 16.5. The van der Waals surface area contributed by atoms with Crippen molar-refractivity contribution in [2.45, 2.75) is 44.8 Å². The summed E-state index contributed by atoms with van der Waals surface area (Å²) in [5.74, 6) is 0.477. The number of piperidine rings is 1. The van der Waals surface area contributed by atoms with Gasteiger partial charge >= 0.3 is 0 Å². The molecule has 3 rings (SSSR count). The average molecular weight is 456 g/mol. The molecule has 1 heterocycles. The molecule has 0 aromatic heterocycles. The molecule has 8 heteroatoms. The molecule has 0 bridgehead atoms. The van der Waals surface area contributed by atoms with Gasteiger partial charge in [0.05, 0.1) is 11.4 Å². The number of amides is 1. The van der Waals surface area contributed by atoms with Crippen LogP contribution in [0.3, 0.4) is 0 Å². The number of unbranched alkanes of at least 4 members (excludes halogenated alkanes) is 1. The van der Waals surface area contributed by atoms with Crippen LogP contribution in [0, 0.1) is 0 Å². The summed E-state index contributed by atoms with van der Waals surface area (Å²) >= 11 is 0. The summed E-state index contributed by atoms with van der Waals surface area (Å²) in [5.41, 5.74) is 14.4. The monoisotopic (exact) mass is 455 g/mol. The first-order valence-electron chi connectivity index (χ1n) is 11.8. The minimum Gasteiger partial charge on any atom is -0.489 e. The summed E-state index contributed by atoms with van der Waals surface area (Å²) in [6.45, 7) is 5.27. The van der Waals surface area contributed by atoms with Crippen molar-refractivity contribution in [1.29, 1.82) is 0 Å². The van der Waals surface area contributed by atoms with E-state index in [1.165, 1.54) is 0 Å². The molecule has 0 spiro atoms. The maximum absolute atomic E-state index is 12.2. The normalized spacial score (nSPS) is 15.3. The number of para-hydroxylation sites is 1. The highest BCUT2D eigenvalue weighted by Gasteiger charge is 2.20. The second kappa shape index (κ2) is 12.3. The molecule has 0 radical (unpaired) electrons. The van der Waals surface area contributed by atoms with Crippen LogP contribution in [0.15, 0.2) is 42.5 Å². The van der Waals surface area contributed by atoms with Gasteiger partial charge in [0.1, 0.15) is 18.5 Å². The Morgan fingerprint density at radius 3 is 2.61 bits per heavy atom. The van der Waals surface area contributed by atoms with E-state index in [-0.39, 0.29) is 12.5 Å². The van der Waals surface area contributed by atoms with E-state index in [9.17, 15) is 9.90 Å². The Balaban J connectivity index is 1.37. The molecule has 8 nitrogen and oxygen atoms in total. The summed E-state index contributed by atoms with van der Waals surface area (Å²) < 4.78 is 5.62. The zero-order valence-corrected chi connectivity index (χ0v) is 19.4. The number of nitrogen functional groups attached to an aromatic ring is 2. The standard InChI is InChI=1S/C25H37N5O3/c1-2-3-13-28-25(32)18-7-9-20(10-8-18)30-14-11-19(12-15-30)29-16-21(31)17-33-23-6-4-5-22(26)24(23)27/h4-10,19,21,29,31H,2-3,11-17,26-27H2,1H3,(H,28,32)/t21-/m0/s1. The first kappa shape index (κ1) is 24.7. The van der Waals surface area contributed by atoms with Crippen LogP contribution in [0.4, 0.5) is 17.1 Å². The van der Waals surface area contributed by atoms with Gasteiger partial charge in [-0.05, 0) is 55.7 Å². The molecule has 1 amide bonds. The third-order valence-electron chi connectivity index (χ3n) is 5.98. The Morgan fingerprint density at radius 2 is 1.91 bits per heavy atom. The van der Waals surface area contributed by atoms with Crippen molar-refractivity contribution < 1.29 is 14.6 Å². The Kier molecular flexibility index (Phi) is 9.21. The van der Waals surface area contributed by atoms with E-state index in [1.54, 1.807) is 18.2 Å². The van der Waals surface area contributed by atoms with Gasteiger partial charge in [-0.1, -0.05) is 19.4 Å². The molecule has 0 saturated carbocycles. The van der Waals surface area contributed by atoms with Gasteiger partial charge in [0.15, 0.2) is 0 Å². The Bertz CT molecular complexity index is 882. The Hall–Kier alpha value is -2.97. The van der Waals surface area contributed by atoms with E-state index in [4.69, 9.17) is 16.2 Å². The molecule has 2 aromatic rings. The van der Waals surface area contributed by atoms with Gasteiger partial charge in [0.25, 0.3) is 5.91 Å². The minimum absolute atomic E-state index is 0.0149. The smallest absolute Gasteiger partial charge is 0.251 e. The van der Waals surface area contributed by atoms with Gasteiger partial charge in [0.2, 0.25) is 0 Å². The SMILES string of the molecule is CCCCNC(=O)c1ccc(N2CCC(NC[C@H](O)COc3cccc(N)c3N)CC2)cc1. The predicted octanol–water partition coefficient (Wildman–Crippen LogP) is 2.38. The number of carbonyl (C=O) groups excluding carboxylic acids is 1. The van der Waals surface area contributed by atoms with E-state index < -0.39 is 6.10 Å². The number of hydrogen-bond acceptors (Lipinski definition) is 7. The van der Waals surface area contributed by atoms with Crippen LogP contribution in [-0.4, -0.2) is 55.9 Å². The Labute approximate surface area is 196 Å². The number of hydrogen-bond donors (Lipinski definition) is 5. The van der Waals surface area contributed by atoms with Crippen molar-refractivity contribution in [2.75, 3.05) is 49.2 Å². The maximum atomic E-state index is 12.2. The molecule has 1 aliphatic heterocycles. The number of ether oxygens (including phenoxy) is 1. The lowest BCUT2D eigenvalue weighted by Crippen LogP contribution is -2.45. The van der Waals surface area contributed by atoms with Crippen LogP contribution in [-0.2, 0) is 0 Å². The van der Waals surface area contributed by atoms with Crippen molar-refractivity contribution >= 4 is 23.0 Å². The number of nitrogens with zero attached hydrogens (tertiary/aromatic N) is 1. The van der Waals surface area contributed by atoms with Gasteiger partial charge in [-0.15, -0.1) is 0 Å².